The van der Waals surface area contributed by atoms with Gasteiger partial charge >= 0.3 is 5.63 Å². The van der Waals surface area contributed by atoms with Gasteiger partial charge in [0.15, 0.2) is 0 Å². The van der Waals surface area contributed by atoms with E-state index in [2.05, 4.69) is 5.32 Å². The van der Waals surface area contributed by atoms with Gasteiger partial charge in [0.05, 0.1) is 5.56 Å². The maximum Gasteiger partial charge on any atom is 0.344 e. The van der Waals surface area contributed by atoms with Gasteiger partial charge in [-0.05, 0) is 54.0 Å². The molecule has 1 aromatic heterocycles. The second-order valence-electron chi connectivity index (χ2n) is 6.75. The smallest absolute Gasteiger partial charge is 0.344 e. The highest BCUT2D eigenvalue weighted by Crippen LogP contribution is 2.26. The number of amides is 1. The first-order valence-electron chi connectivity index (χ1n) is 9.28. The van der Waals surface area contributed by atoms with Crippen LogP contribution in [0, 0.1) is 6.92 Å². The molecule has 1 N–H and O–H groups in total. The molecule has 4 rings (SSSR count). The highest BCUT2D eigenvalue weighted by molar-refractivity contribution is 6.02. The number of fused-ring (bicyclic) bond motifs is 1. The van der Waals surface area contributed by atoms with Crippen LogP contribution in [0.2, 0.25) is 0 Å². The van der Waals surface area contributed by atoms with E-state index < -0.39 is 0 Å². The molecule has 0 aliphatic heterocycles. The lowest BCUT2D eigenvalue weighted by Gasteiger charge is -2.09. The number of hydrogen-bond acceptors (Lipinski definition) is 3. The van der Waals surface area contributed by atoms with Gasteiger partial charge in [-0.15, -0.1) is 0 Å². The number of rotatable bonds is 4. The fourth-order valence-corrected chi connectivity index (χ4v) is 3.21. The summed E-state index contributed by atoms with van der Waals surface area (Å²) in [5.74, 6) is -0.216. The van der Waals surface area contributed by atoms with Crippen LogP contribution in [0.25, 0.3) is 28.2 Å². The number of aryl methyl sites for hydroxylation is 1. The van der Waals surface area contributed by atoms with Crippen molar-refractivity contribution in [2.24, 2.45) is 0 Å². The maximum atomic E-state index is 12.4. The van der Waals surface area contributed by atoms with Crippen LogP contribution in [0.5, 0.6) is 0 Å². The van der Waals surface area contributed by atoms with Crippen molar-refractivity contribution in [2.75, 3.05) is 5.32 Å². The van der Waals surface area contributed by atoms with E-state index in [9.17, 15) is 9.59 Å². The molecular formula is C25H19NO3. The van der Waals surface area contributed by atoms with Gasteiger partial charge in [-0.3, -0.25) is 4.79 Å². The highest BCUT2D eigenvalue weighted by Gasteiger charge is 2.11. The summed E-state index contributed by atoms with van der Waals surface area (Å²) >= 11 is 0. The summed E-state index contributed by atoms with van der Waals surface area (Å²) in [6.45, 7) is 1.90. The number of nitrogens with one attached hydrogen (secondary N) is 1. The molecule has 142 valence electrons. The average Bonchev–Trinajstić information content (AvgIpc) is 2.73. The Kier molecular flexibility index (Phi) is 5.08. The van der Waals surface area contributed by atoms with Crippen molar-refractivity contribution in [3.05, 3.63) is 106 Å². The molecule has 1 heterocycles. The van der Waals surface area contributed by atoms with Gasteiger partial charge in [-0.2, -0.15) is 0 Å². The normalized spacial score (nSPS) is 11.1. The Bertz CT molecular complexity index is 1270. The van der Waals surface area contributed by atoms with Crippen molar-refractivity contribution < 1.29 is 9.21 Å². The zero-order chi connectivity index (χ0) is 20.2. The van der Waals surface area contributed by atoms with Gasteiger partial charge in [-0.1, -0.05) is 54.6 Å². The maximum absolute atomic E-state index is 12.4. The molecule has 4 nitrogen and oxygen atoms in total. The number of anilines is 1. The predicted molar refractivity (Wildman–Crippen MR) is 117 cm³/mol. The summed E-state index contributed by atoms with van der Waals surface area (Å²) in [7, 11) is 0. The lowest BCUT2D eigenvalue weighted by Crippen LogP contribution is -2.08. The van der Waals surface area contributed by atoms with Crippen LogP contribution in [0.1, 0.15) is 11.1 Å². The average molecular weight is 381 g/mol. The molecule has 0 aliphatic rings. The number of benzene rings is 3. The van der Waals surface area contributed by atoms with Crippen molar-refractivity contribution in [2.45, 2.75) is 6.92 Å². The first-order valence-corrected chi connectivity index (χ1v) is 9.28. The van der Waals surface area contributed by atoms with E-state index in [1.54, 1.807) is 18.2 Å². The Balaban J connectivity index is 1.57. The van der Waals surface area contributed by atoms with Gasteiger partial charge in [0.2, 0.25) is 5.91 Å². The molecule has 0 atom stereocenters. The van der Waals surface area contributed by atoms with Gasteiger partial charge in [0.25, 0.3) is 0 Å². The SMILES string of the molecule is Cc1cc(NC(=O)/C=C/c2ccccc2)ccc1-c1cc2ccccc2oc1=O. The molecule has 1 amide bonds. The second kappa shape index (κ2) is 7.98. The molecule has 3 aromatic carbocycles. The zero-order valence-corrected chi connectivity index (χ0v) is 15.9. The molecule has 0 saturated carbocycles. The van der Waals surface area contributed by atoms with E-state index in [1.807, 2.05) is 73.7 Å². The number of hydrogen-bond donors (Lipinski definition) is 1. The quantitative estimate of drug-likeness (QED) is 0.379. The van der Waals surface area contributed by atoms with Crippen LogP contribution >= 0.6 is 0 Å². The van der Waals surface area contributed by atoms with Crippen molar-refractivity contribution >= 4 is 28.6 Å². The van der Waals surface area contributed by atoms with Crippen LogP contribution in [-0.2, 0) is 4.79 Å². The predicted octanol–water partition coefficient (Wildman–Crippen LogP) is 5.42. The molecule has 0 radical (unpaired) electrons. The molecule has 29 heavy (non-hydrogen) atoms. The Morgan fingerprint density at radius 1 is 0.897 bits per heavy atom. The molecule has 0 spiro atoms. The van der Waals surface area contributed by atoms with Crippen LogP contribution in [0.3, 0.4) is 0 Å². The van der Waals surface area contributed by atoms with Crippen molar-refractivity contribution in [1.82, 2.24) is 0 Å². The Morgan fingerprint density at radius 3 is 2.45 bits per heavy atom. The summed E-state index contributed by atoms with van der Waals surface area (Å²) in [6.07, 6.45) is 3.26. The molecule has 0 aliphatic carbocycles. The summed E-state index contributed by atoms with van der Waals surface area (Å²) in [4.78, 5) is 24.6. The third-order valence-corrected chi connectivity index (χ3v) is 4.65. The standard InChI is InChI=1S/C25H19NO3/c1-17-15-20(26-24(27)14-11-18-7-3-2-4-8-18)12-13-21(17)22-16-19-9-5-6-10-23(19)29-25(22)28/h2-16H,1H3,(H,26,27)/b14-11+. The lowest BCUT2D eigenvalue weighted by atomic mass is 10.0. The number of carbonyl (C=O) groups excluding carboxylic acids is 1. The summed E-state index contributed by atoms with van der Waals surface area (Å²) in [6, 6.07) is 24.3. The lowest BCUT2D eigenvalue weighted by molar-refractivity contribution is -0.111. The third-order valence-electron chi connectivity index (χ3n) is 4.65. The summed E-state index contributed by atoms with van der Waals surface area (Å²) in [5, 5.41) is 3.71. The second-order valence-corrected chi connectivity index (χ2v) is 6.75. The molecule has 0 fully saturated rings. The van der Waals surface area contributed by atoms with Gasteiger partial charge < -0.3 is 9.73 Å². The highest BCUT2D eigenvalue weighted by atomic mass is 16.4. The van der Waals surface area contributed by atoms with E-state index in [0.717, 1.165) is 22.1 Å². The monoisotopic (exact) mass is 381 g/mol. The minimum absolute atomic E-state index is 0.216. The Hall–Kier alpha value is -3.92. The van der Waals surface area contributed by atoms with Crippen LogP contribution < -0.4 is 10.9 Å². The van der Waals surface area contributed by atoms with Crippen LogP contribution in [0.15, 0.2) is 94.2 Å². The van der Waals surface area contributed by atoms with E-state index >= 15 is 0 Å². The van der Waals surface area contributed by atoms with E-state index in [4.69, 9.17) is 4.42 Å². The molecule has 0 saturated heterocycles. The largest absolute Gasteiger partial charge is 0.422 e. The van der Waals surface area contributed by atoms with Crippen molar-refractivity contribution in [3.63, 3.8) is 0 Å². The van der Waals surface area contributed by atoms with Crippen LogP contribution in [-0.4, -0.2) is 5.91 Å². The van der Waals surface area contributed by atoms with E-state index in [-0.39, 0.29) is 11.5 Å². The minimum atomic E-state index is -0.380. The van der Waals surface area contributed by atoms with Crippen molar-refractivity contribution in [1.29, 1.82) is 0 Å². The van der Waals surface area contributed by atoms with E-state index in [0.29, 0.717) is 16.8 Å². The summed E-state index contributed by atoms with van der Waals surface area (Å²) < 4.78 is 5.44. The Labute approximate surface area is 168 Å². The fraction of sp³-hybridized carbons (Fsp3) is 0.0400. The van der Waals surface area contributed by atoms with Gasteiger partial charge in [0.1, 0.15) is 5.58 Å². The van der Waals surface area contributed by atoms with E-state index in [1.165, 1.54) is 6.08 Å². The summed E-state index contributed by atoms with van der Waals surface area (Å²) in [5.41, 5.74) is 3.96. The Morgan fingerprint density at radius 2 is 1.66 bits per heavy atom. The van der Waals surface area contributed by atoms with Crippen molar-refractivity contribution in [3.8, 4) is 11.1 Å². The first kappa shape index (κ1) is 18.4. The fourth-order valence-electron chi connectivity index (χ4n) is 3.21. The molecular weight excluding hydrogens is 362 g/mol. The molecule has 4 aromatic rings. The molecule has 0 unspecified atom stereocenters. The third kappa shape index (κ3) is 4.17. The van der Waals surface area contributed by atoms with Gasteiger partial charge in [0, 0.05) is 17.1 Å². The molecule has 4 heteroatoms. The van der Waals surface area contributed by atoms with Crippen LogP contribution in [0.4, 0.5) is 5.69 Å². The number of carbonyl (C=O) groups is 1. The molecule has 0 bridgehead atoms. The minimum Gasteiger partial charge on any atom is -0.422 e. The zero-order valence-electron chi connectivity index (χ0n) is 15.9. The topological polar surface area (TPSA) is 59.3 Å². The van der Waals surface area contributed by atoms with Gasteiger partial charge in [-0.25, -0.2) is 4.79 Å². The number of para-hydroxylation sites is 1. The first-order chi connectivity index (χ1) is 14.1.